The molecule has 2 aromatic heterocycles. The molecule has 0 atom stereocenters. The van der Waals surface area contributed by atoms with E-state index in [-0.39, 0.29) is 11.8 Å². The van der Waals surface area contributed by atoms with Crippen molar-refractivity contribution in [2.75, 3.05) is 0 Å². The van der Waals surface area contributed by atoms with Crippen LogP contribution in [0.1, 0.15) is 24.2 Å². The molecule has 0 aliphatic heterocycles. The monoisotopic (exact) mass is 400 g/mol. The third-order valence-corrected chi connectivity index (χ3v) is 5.10. The molecule has 2 heterocycles. The van der Waals surface area contributed by atoms with Gasteiger partial charge in [-0.1, -0.05) is 48.5 Å². The lowest BCUT2D eigenvalue weighted by Gasteiger charge is -2.08. The van der Waals surface area contributed by atoms with Gasteiger partial charge in [-0.2, -0.15) is 14.9 Å². The Labute approximate surface area is 172 Å². The van der Waals surface area contributed by atoms with Crippen LogP contribution in [0.15, 0.2) is 64.1 Å². The highest BCUT2D eigenvalue weighted by molar-refractivity contribution is 5.81. The number of tetrazole rings is 1. The number of rotatable bonds is 5. The number of aromatic amines is 1. The number of nitrogens with zero attached hydrogens (tertiary/aromatic N) is 5. The summed E-state index contributed by atoms with van der Waals surface area (Å²) >= 11 is 0. The Balaban J connectivity index is 1.42. The number of H-pyrrole nitrogens is 1. The molecule has 1 aliphatic rings. The van der Waals surface area contributed by atoms with Crippen molar-refractivity contribution in [1.29, 1.82) is 0 Å². The highest BCUT2D eigenvalue weighted by atomic mass is 16.5. The predicted molar refractivity (Wildman–Crippen MR) is 109 cm³/mol. The summed E-state index contributed by atoms with van der Waals surface area (Å²) in [6, 6.07) is 17.9. The normalized spacial score (nSPS) is 14.2. The van der Waals surface area contributed by atoms with E-state index >= 15 is 0 Å². The second kappa shape index (κ2) is 7.55. The Hall–Kier alpha value is -3.81. The van der Waals surface area contributed by atoms with Crippen LogP contribution in [0.3, 0.4) is 0 Å². The lowest BCUT2D eigenvalue weighted by molar-refractivity contribution is -0.119. The van der Waals surface area contributed by atoms with Gasteiger partial charge in [-0.25, -0.2) is 0 Å². The Kier molecular flexibility index (Phi) is 4.59. The van der Waals surface area contributed by atoms with Gasteiger partial charge in [-0.05, 0) is 41.7 Å². The lowest BCUT2D eigenvalue weighted by atomic mass is 9.98. The third kappa shape index (κ3) is 3.71. The maximum absolute atomic E-state index is 12.1. The minimum atomic E-state index is -0.0574. The molecule has 150 valence electrons. The Morgan fingerprint density at radius 2 is 1.93 bits per heavy atom. The molecule has 30 heavy (non-hydrogen) atoms. The van der Waals surface area contributed by atoms with Crippen molar-refractivity contribution in [2.24, 2.45) is 10.9 Å². The van der Waals surface area contributed by atoms with Crippen LogP contribution in [-0.2, 0) is 11.3 Å². The molecule has 2 aromatic carbocycles. The van der Waals surface area contributed by atoms with E-state index in [0.29, 0.717) is 17.9 Å². The summed E-state index contributed by atoms with van der Waals surface area (Å²) in [7, 11) is 0. The molecule has 1 saturated carbocycles. The standard InChI is InChI=1S/C22H20N6O2/c1-14-12-20(23-22(29)17-10-11-17)28(30-14)13-15-6-8-16(9-7-15)18-4-2-3-5-19(18)21-24-26-27-25-21/h2-9,12,17H,10-11,13H2,1H3,(H,24,25,26,27). The van der Waals surface area contributed by atoms with Crippen molar-refractivity contribution < 1.29 is 9.32 Å². The molecule has 0 bridgehead atoms. The number of hydrogen-bond acceptors (Lipinski definition) is 5. The number of carbonyl (C=O) groups excluding carboxylic acids is 1. The minimum absolute atomic E-state index is 0.0574. The summed E-state index contributed by atoms with van der Waals surface area (Å²) in [5.74, 6) is 1.32. The molecule has 0 radical (unpaired) electrons. The fourth-order valence-electron chi connectivity index (χ4n) is 3.40. The van der Waals surface area contributed by atoms with Crippen LogP contribution in [0, 0.1) is 12.8 Å². The number of hydrogen-bond donors (Lipinski definition) is 1. The highest BCUT2D eigenvalue weighted by Crippen LogP contribution is 2.30. The van der Waals surface area contributed by atoms with Gasteiger partial charge in [-0.15, -0.1) is 10.2 Å². The van der Waals surface area contributed by atoms with Crippen LogP contribution in [0.2, 0.25) is 0 Å². The molecular weight excluding hydrogens is 380 g/mol. The first-order valence-electron chi connectivity index (χ1n) is 9.86. The first-order valence-corrected chi connectivity index (χ1v) is 9.86. The number of amides is 1. The maximum atomic E-state index is 12.1. The van der Waals surface area contributed by atoms with Crippen molar-refractivity contribution in [1.82, 2.24) is 25.4 Å². The zero-order chi connectivity index (χ0) is 20.5. The van der Waals surface area contributed by atoms with Gasteiger partial charge in [0.25, 0.3) is 5.91 Å². The number of nitrogens with one attached hydrogen (secondary N) is 1. The number of carbonyl (C=O) groups is 1. The van der Waals surface area contributed by atoms with Crippen LogP contribution in [0.4, 0.5) is 0 Å². The Morgan fingerprint density at radius 3 is 2.63 bits per heavy atom. The van der Waals surface area contributed by atoms with Crippen molar-refractivity contribution >= 4 is 5.91 Å². The van der Waals surface area contributed by atoms with Crippen LogP contribution in [0.25, 0.3) is 22.5 Å². The first-order chi connectivity index (χ1) is 14.7. The summed E-state index contributed by atoms with van der Waals surface area (Å²) in [6.45, 7) is 2.35. The molecule has 5 rings (SSSR count). The molecule has 1 amide bonds. The van der Waals surface area contributed by atoms with Gasteiger partial charge < -0.3 is 4.52 Å². The number of aromatic nitrogens is 5. The van der Waals surface area contributed by atoms with E-state index in [1.165, 1.54) is 0 Å². The van der Waals surface area contributed by atoms with Gasteiger partial charge in [0, 0.05) is 17.5 Å². The van der Waals surface area contributed by atoms with Crippen LogP contribution < -0.4 is 5.49 Å². The SMILES string of the molecule is Cc1cc(=NC(=O)C2CC2)n(Cc2ccc(-c3ccccc3-c3nn[nH]n3)cc2)o1. The zero-order valence-electron chi connectivity index (χ0n) is 16.4. The van der Waals surface area contributed by atoms with E-state index in [1.807, 2.05) is 43.3 Å². The molecule has 8 heteroatoms. The minimum Gasteiger partial charge on any atom is -0.382 e. The van der Waals surface area contributed by atoms with Crippen molar-refractivity contribution in [3.05, 3.63) is 71.4 Å². The van der Waals surface area contributed by atoms with Gasteiger partial charge in [0.05, 0.1) is 6.54 Å². The third-order valence-electron chi connectivity index (χ3n) is 5.10. The van der Waals surface area contributed by atoms with Gasteiger partial charge in [0.15, 0.2) is 5.49 Å². The molecule has 1 aliphatic carbocycles. The van der Waals surface area contributed by atoms with Gasteiger partial charge in [0.2, 0.25) is 5.82 Å². The van der Waals surface area contributed by atoms with E-state index < -0.39 is 0 Å². The van der Waals surface area contributed by atoms with Crippen molar-refractivity contribution in [3.8, 4) is 22.5 Å². The second-order valence-electron chi connectivity index (χ2n) is 7.44. The maximum Gasteiger partial charge on any atom is 0.250 e. The topological polar surface area (TPSA) is 102 Å². The quantitative estimate of drug-likeness (QED) is 0.555. The van der Waals surface area contributed by atoms with Crippen LogP contribution in [-0.4, -0.2) is 31.3 Å². The summed E-state index contributed by atoms with van der Waals surface area (Å²) in [4.78, 5) is 16.3. The molecule has 8 nitrogen and oxygen atoms in total. The average Bonchev–Trinajstić information content (AvgIpc) is 3.37. The van der Waals surface area contributed by atoms with Crippen molar-refractivity contribution in [3.63, 3.8) is 0 Å². The lowest BCUT2D eigenvalue weighted by Crippen LogP contribution is -2.18. The number of benzene rings is 2. The zero-order valence-corrected chi connectivity index (χ0v) is 16.4. The Morgan fingerprint density at radius 1 is 1.17 bits per heavy atom. The van der Waals surface area contributed by atoms with Crippen molar-refractivity contribution in [2.45, 2.75) is 26.3 Å². The van der Waals surface area contributed by atoms with E-state index in [0.717, 1.165) is 40.9 Å². The van der Waals surface area contributed by atoms with E-state index in [1.54, 1.807) is 10.8 Å². The summed E-state index contributed by atoms with van der Waals surface area (Å²) in [5.41, 5.74) is 4.60. The molecule has 1 fully saturated rings. The fraction of sp³-hybridized carbons (Fsp3) is 0.227. The molecule has 4 aromatic rings. The molecular formula is C22H20N6O2. The smallest absolute Gasteiger partial charge is 0.250 e. The van der Waals surface area contributed by atoms with E-state index in [9.17, 15) is 4.79 Å². The van der Waals surface area contributed by atoms with Gasteiger partial charge in [0.1, 0.15) is 5.76 Å². The Bertz CT molecular complexity index is 1250. The molecule has 0 spiro atoms. The number of aryl methyl sites for hydroxylation is 1. The van der Waals surface area contributed by atoms with Gasteiger partial charge >= 0.3 is 0 Å². The summed E-state index contributed by atoms with van der Waals surface area (Å²) < 4.78 is 7.41. The molecule has 0 saturated heterocycles. The predicted octanol–water partition coefficient (Wildman–Crippen LogP) is 3.12. The average molecular weight is 400 g/mol. The fourth-order valence-corrected chi connectivity index (χ4v) is 3.40. The van der Waals surface area contributed by atoms with E-state index in [4.69, 9.17) is 4.52 Å². The summed E-state index contributed by atoms with van der Waals surface area (Å²) in [6.07, 6.45) is 1.87. The largest absolute Gasteiger partial charge is 0.382 e. The first kappa shape index (κ1) is 18.2. The molecule has 1 N–H and O–H groups in total. The van der Waals surface area contributed by atoms with Gasteiger partial charge in [-0.3, -0.25) is 4.79 Å². The molecule has 0 unspecified atom stereocenters. The summed E-state index contributed by atoms with van der Waals surface area (Å²) in [5, 5.41) is 14.4. The van der Waals surface area contributed by atoms with E-state index in [2.05, 4.69) is 37.7 Å². The van der Waals surface area contributed by atoms with Crippen LogP contribution in [0.5, 0.6) is 0 Å². The van der Waals surface area contributed by atoms with Crippen LogP contribution >= 0.6 is 0 Å². The highest BCUT2D eigenvalue weighted by Gasteiger charge is 2.29. The second-order valence-corrected chi connectivity index (χ2v) is 7.44.